The zero-order valence-electron chi connectivity index (χ0n) is 8.86. The minimum absolute atomic E-state index is 0.419. The van der Waals surface area contributed by atoms with E-state index in [0.717, 1.165) is 20.2 Å². The zero-order chi connectivity index (χ0) is 12.4. The highest BCUT2D eigenvalue weighted by atomic mass is 79.9. The molecule has 1 saturated heterocycles. The van der Waals surface area contributed by atoms with Crippen molar-refractivity contribution >= 4 is 44.8 Å². The smallest absolute Gasteiger partial charge is 0.334 e. The third kappa shape index (κ3) is 3.42. The van der Waals surface area contributed by atoms with Gasteiger partial charge in [0.25, 0.3) is 0 Å². The fourth-order valence-electron chi connectivity index (χ4n) is 1.69. The van der Waals surface area contributed by atoms with Gasteiger partial charge in [-0.25, -0.2) is 4.79 Å². The highest BCUT2D eigenvalue weighted by Crippen LogP contribution is 2.32. The van der Waals surface area contributed by atoms with Crippen LogP contribution in [0.3, 0.4) is 0 Å². The fraction of sp³-hybridized carbons (Fsp3) is 0.500. The Labute approximate surface area is 116 Å². The van der Waals surface area contributed by atoms with E-state index in [9.17, 15) is 4.79 Å². The Morgan fingerprint density at radius 1 is 1.76 bits per heavy atom. The van der Waals surface area contributed by atoms with E-state index in [0.29, 0.717) is 19.7 Å². The van der Waals surface area contributed by atoms with Crippen molar-refractivity contribution in [2.75, 3.05) is 19.7 Å². The first-order valence-corrected chi connectivity index (χ1v) is 7.05. The summed E-state index contributed by atoms with van der Waals surface area (Å²) in [7, 11) is 0. The summed E-state index contributed by atoms with van der Waals surface area (Å²) >= 11 is 10.8. The molecule has 1 unspecified atom stereocenters. The van der Waals surface area contributed by atoms with Crippen LogP contribution >= 0.6 is 38.9 Å². The largest absolute Gasteiger partial charge is 0.479 e. The number of nitrogens with zero attached hydrogens (tertiary/aromatic N) is 1. The number of halogens is 2. The van der Waals surface area contributed by atoms with E-state index in [2.05, 4.69) is 20.8 Å². The van der Waals surface area contributed by atoms with Crippen LogP contribution in [-0.2, 0) is 16.1 Å². The molecule has 1 aromatic heterocycles. The Bertz CT molecular complexity index is 406. The molecule has 1 aliphatic heterocycles. The summed E-state index contributed by atoms with van der Waals surface area (Å²) in [6.45, 7) is 2.33. The monoisotopic (exact) mass is 339 g/mol. The van der Waals surface area contributed by atoms with Gasteiger partial charge in [-0.3, -0.25) is 4.90 Å². The van der Waals surface area contributed by atoms with Crippen LogP contribution in [-0.4, -0.2) is 41.8 Å². The predicted octanol–water partition coefficient (Wildman–Crippen LogP) is 2.45. The van der Waals surface area contributed by atoms with Crippen LogP contribution in [0.15, 0.2) is 10.5 Å². The second-order valence-electron chi connectivity index (χ2n) is 3.77. The van der Waals surface area contributed by atoms with E-state index < -0.39 is 12.1 Å². The van der Waals surface area contributed by atoms with Crippen LogP contribution in [0, 0.1) is 0 Å². The summed E-state index contributed by atoms with van der Waals surface area (Å²) in [5.41, 5.74) is 0. The van der Waals surface area contributed by atoms with Gasteiger partial charge in [-0.15, -0.1) is 11.3 Å². The highest BCUT2D eigenvalue weighted by Gasteiger charge is 2.26. The normalized spacial score (nSPS) is 21.6. The second kappa shape index (κ2) is 5.67. The summed E-state index contributed by atoms with van der Waals surface area (Å²) < 4.78 is 6.78. The number of morpholine rings is 1. The number of hydrogen-bond donors (Lipinski definition) is 1. The lowest BCUT2D eigenvalue weighted by Gasteiger charge is -2.30. The summed E-state index contributed by atoms with van der Waals surface area (Å²) in [5, 5.41) is 8.89. The van der Waals surface area contributed by atoms with Crippen LogP contribution in [0.4, 0.5) is 0 Å². The predicted molar refractivity (Wildman–Crippen MR) is 69.7 cm³/mol. The van der Waals surface area contributed by atoms with Crippen molar-refractivity contribution in [1.29, 1.82) is 0 Å². The van der Waals surface area contributed by atoms with Crippen molar-refractivity contribution in [1.82, 2.24) is 4.90 Å². The Morgan fingerprint density at radius 3 is 3.12 bits per heavy atom. The van der Waals surface area contributed by atoms with Gasteiger partial charge in [-0.2, -0.15) is 0 Å². The van der Waals surface area contributed by atoms with E-state index in [1.807, 2.05) is 6.07 Å². The van der Waals surface area contributed by atoms with Gasteiger partial charge < -0.3 is 9.84 Å². The molecule has 1 atom stereocenters. The lowest BCUT2D eigenvalue weighted by atomic mass is 10.2. The van der Waals surface area contributed by atoms with E-state index in [1.54, 1.807) is 0 Å². The zero-order valence-corrected chi connectivity index (χ0v) is 12.0. The van der Waals surface area contributed by atoms with Crippen LogP contribution < -0.4 is 0 Å². The van der Waals surface area contributed by atoms with Gasteiger partial charge in [0.15, 0.2) is 6.10 Å². The topological polar surface area (TPSA) is 49.8 Å². The lowest BCUT2D eigenvalue weighted by molar-refractivity contribution is -0.156. The van der Waals surface area contributed by atoms with Crippen molar-refractivity contribution in [2.45, 2.75) is 12.6 Å². The highest BCUT2D eigenvalue weighted by molar-refractivity contribution is 9.10. The molecule has 1 fully saturated rings. The summed E-state index contributed by atoms with van der Waals surface area (Å²) in [4.78, 5) is 14.0. The Morgan fingerprint density at radius 2 is 2.53 bits per heavy atom. The maximum atomic E-state index is 10.8. The average Bonchev–Trinajstić information content (AvgIpc) is 2.58. The van der Waals surface area contributed by atoms with Crippen molar-refractivity contribution in [2.24, 2.45) is 0 Å². The van der Waals surface area contributed by atoms with Gasteiger partial charge in [0.1, 0.15) is 4.34 Å². The molecule has 4 nitrogen and oxygen atoms in total. The van der Waals surface area contributed by atoms with Gasteiger partial charge >= 0.3 is 5.97 Å². The summed E-state index contributed by atoms with van der Waals surface area (Å²) in [6.07, 6.45) is -0.720. The molecule has 0 aromatic carbocycles. The van der Waals surface area contributed by atoms with Gasteiger partial charge in [-0.05, 0) is 22.0 Å². The first-order valence-electron chi connectivity index (χ1n) is 5.06. The number of hydrogen-bond acceptors (Lipinski definition) is 4. The number of thiophene rings is 1. The molecule has 0 saturated carbocycles. The van der Waals surface area contributed by atoms with Crippen molar-refractivity contribution in [3.8, 4) is 0 Å². The van der Waals surface area contributed by atoms with E-state index >= 15 is 0 Å². The van der Waals surface area contributed by atoms with Crippen LogP contribution in [0.1, 0.15) is 4.88 Å². The fourth-order valence-corrected chi connectivity index (χ4v) is 3.52. The first kappa shape index (κ1) is 13.3. The first-order chi connectivity index (χ1) is 8.06. The number of ether oxygens (including phenoxy) is 1. The molecule has 0 bridgehead atoms. The van der Waals surface area contributed by atoms with Crippen LogP contribution in [0.25, 0.3) is 0 Å². The lowest BCUT2D eigenvalue weighted by Crippen LogP contribution is -2.45. The number of rotatable bonds is 3. The quantitative estimate of drug-likeness (QED) is 0.918. The maximum Gasteiger partial charge on any atom is 0.334 e. The maximum absolute atomic E-state index is 10.8. The van der Waals surface area contributed by atoms with Crippen molar-refractivity contribution < 1.29 is 14.6 Å². The minimum atomic E-state index is -0.903. The molecule has 0 aliphatic carbocycles. The second-order valence-corrected chi connectivity index (χ2v) is 6.36. The molecule has 1 aromatic rings. The number of carbonyl (C=O) groups is 1. The van der Waals surface area contributed by atoms with Crippen molar-refractivity contribution in [3.05, 3.63) is 19.8 Å². The number of carboxylic acid groups (broad SMARTS) is 1. The molecule has 1 aliphatic rings. The molecular formula is C10H11BrClNO3S. The SMILES string of the molecule is O=C(O)C1CN(Cc2cc(Br)c(Cl)s2)CCO1. The third-order valence-corrected chi connectivity index (χ3v) is 4.96. The molecule has 7 heteroatoms. The van der Waals surface area contributed by atoms with Gasteiger partial charge in [0.2, 0.25) is 0 Å². The molecule has 0 amide bonds. The molecule has 0 spiro atoms. The summed E-state index contributed by atoms with van der Waals surface area (Å²) in [5.74, 6) is -0.903. The average molecular weight is 341 g/mol. The molecule has 2 heterocycles. The van der Waals surface area contributed by atoms with Gasteiger partial charge in [0.05, 0.1) is 6.61 Å². The van der Waals surface area contributed by atoms with Crippen LogP contribution in [0.2, 0.25) is 4.34 Å². The van der Waals surface area contributed by atoms with Gasteiger partial charge in [-0.1, -0.05) is 11.6 Å². The molecule has 94 valence electrons. The standard InChI is InChI=1S/C10H11BrClNO3S/c11-7-3-6(17-9(7)12)4-13-1-2-16-8(5-13)10(14)15/h3,8H,1-2,4-5H2,(H,14,15). The molecular weight excluding hydrogens is 330 g/mol. The van der Waals surface area contributed by atoms with E-state index in [-0.39, 0.29) is 0 Å². The van der Waals surface area contributed by atoms with Crippen LogP contribution in [0.5, 0.6) is 0 Å². The molecule has 0 radical (unpaired) electrons. The Balaban J connectivity index is 1.96. The number of aliphatic carboxylic acids is 1. The van der Waals surface area contributed by atoms with Crippen molar-refractivity contribution in [3.63, 3.8) is 0 Å². The van der Waals surface area contributed by atoms with Gasteiger partial charge in [0, 0.05) is 29.0 Å². The summed E-state index contributed by atoms with van der Waals surface area (Å²) in [6, 6.07) is 1.97. The van der Waals surface area contributed by atoms with E-state index in [4.69, 9.17) is 21.4 Å². The number of carboxylic acids is 1. The molecule has 17 heavy (non-hydrogen) atoms. The van der Waals surface area contributed by atoms with E-state index in [1.165, 1.54) is 11.3 Å². The molecule has 2 rings (SSSR count). The third-order valence-electron chi connectivity index (χ3n) is 2.50. The Kier molecular flexibility index (Phi) is 4.43. The Hall–Kier alpha value is -0.140. The molecule has 1 N–H and O–H groups in total. The minimum Gasteiger partial charge on any atom is -0.479 e.